The van der Waals surface area contributed by atoms with Crippen molar-refractivity contribution in [1.82, 2.24) is 4.23 Å². The van der Waals surface area contributed by atoms with Crippen LogP contribution in [0.3, 0.4) is 0 Å². The molecule has 0 amide bonds. The molecule has 0 aromatic heterocycles. The summed E-state index contributed by atoms with van der Waals surface area (Å²) in [6.45, 7) is 19.0. The quantitative estimate of drug-likeness (QED) is 0.427. The summed E-state index contributed by atoms with van der Waals surface area (Å²) in [5.74, 6) is 0. The van der Waals surface area contributed by atoms with Gasteiger partial charge in [-0.3, -0.25) is 0 Å². The van der Waals surface area contributed by atoms with Crippen molar-refractivity contribution in [2.75, 3.05) is 6.61 Å². The van der Waals surface area contributed by atoms with Gasteiger partial charge in [-0.15, -0.1) is 0 Å². The van der Waals surface area contributed by atoms with Gasteiger partial charge < -0.3 is 8.97 Å². The Morgan fingerprint density at radius 1 is 1.12 bits per heavy atom. The molecule has 0 aromatic rings. The first-order valence-corrected chi connectivity index (χ1v) is 13.5. The number of hydrogen-bond donors (Lipinski definition) is 0. The van der Waals surface area contributed by atoms with Gasteiger partial charge in [0.2, 0.25) is 0 Å². The predicted molar refractivity (Wildman–Crippen MR) is 86.5 cm³/mol. The largest absolute Gasteiger partial charge is 0.484 e. The molecule has 0 aliphatic heterocycles. The Kier molecular flexibility index (Phi) is 6.11. The second-order valence-corrected chi connectivity index (χ2v) is 16.6. The van der Waals surface area contributed by atoms with Gasteiger partial charge in [0.25, 0.3) is 0 Å². The highest BCUT2D eigenvalue weighted by atomic mass is 32.1. The summed E-state index contributed by atoms with van der Waals surface area (Å²) in [6.07, 6.45) is 2.01. The van der Waals surface area contributed by atoms with Gasteiger partial charge in [0.1, 0.15) is 16.5 Å². The van der Waals surface area contributed by atoms with Crippen LogP contribution in [0.4, 0.5) is 0 Å². The summed E-state index contributed by atoms with van der Waals surface area (Å²) in [5.41, 5.74) is 1.27. The van der Waals surface area contributed by atoms with E-state index >= 15 is 0 Å². The van der Waals surface area contributed by atoms with Crippen LogP contribution in [0.15, 0.2) is 11.8 Å². The molecule has 0 aliphatic carbocycles. The fourth-order valence-electron chi connectivity index (χ4n) is 2.48. The molecule has 0 bridgehead atoms. The number of rotatable bonds is 5. The monoisotopic (exact) mass is 289 g/mol. The molecule has 0 atom stereocenters. The molecule has 0 rings (SSSR count). The maximum atomic E-state index is 5.35. The van der Waals surface area contributed by atoms with Crippen molar-refractivity contribution >= 4 is 33.7 Å². The molecule has 17 heavy (non-hydrogen) atoms. The molecule has 0 saturated heterocycles. The van der Waals surface area contributed by atoms with E-state index in [-0.39, 0.29) is 0 Å². The summed E-state index contributed by atoms with van der Waals surface area (Å²) in [5, 5.41) is 0.603. The summed E-state index contributed by atoms with van der Waals surface area (Å²) in [6, 6.07) is 0. The van der Waals surface area contributed by atoms with Gasteiger partial charge in [-0.05, 0) is 31.8 Å². The van der Waals surface area contributed by atoms with E-state index in [4.69, 9.17) is 17.0 Å². The van der Waals surface area contributed by atoms with Crippen LogP contribution in [0.5, 0.6) is 0 Å². The first-order chi connectivity index (χ1) is 7.50. The van der Waals surface area contributed by atoms with Gasteiger partial charge in [-0.25, -0.2) is 0 Å². The highest BCUT2D eigenvalue weighted by Gasteiger charge is 2.34. The molecule has 2 nitrogen and oxygen atoms in total. The Labute approximate surface area is 114 Å². The van der Waals surface area contributed by atoms with E-state index in [1.54, 1.807) is 0 Å². The zero-order chi connectivity index (χ0) is 13.9. The van der Waals surface area contributed by atoms with Crippen molar-refractivity contribution in [3.05, 3.63) is 11.8 Å². The molecule has 0 radical (unpaired) electrons. The molecule has 100 valence electrons. The normalized spacial score (nSPS) is 13.5. The highest BCUT2D eigenvalue weighted by molar-refractivity contribution is 7.80. The lowest BCUT2D eigenvalue weighted by molar-refractivity contribution is 0.338. The van der Waals surface area contributed by atoms with E-state index < -0.39 is 16.5 Å². The fourth-order valence-corrected chi connectivity index (χ4v) is 13.1. The molecular formula is C12H27NOSSi2. The molecule has 0 fully saturated rings. The summed E-state index contributed by atoms with van der Waals surface area (Å²) >= 11 is 5.20. The van der Waals surface area contributed by atoms with Crippen molar-refractivity contribution in [2.45, 2.75) is 53.1 Å². The maximum Gasteiger partial charge on any atom is 0.185 e. The van der Waals surface area contributed by atoms with Crippen LogP contribution < -0.4 is 0 Å². The number of ether oxygens (including phenoxy) is 1. The highest BCUT2D eigenvalue weighted by Crippen LogP contribution is 2.25. The van der Waals surface area contributed by atoms with Gasteiger partial charge >= 0.3 is 0 Å². The Balaban J connectivity index is 5.16. The van der Waals surface area contributed by atoms with Crippen LogP contribution in [0.25, 0.3) is 0 Å². The van der Waals surface area contributed by atoms with Crippen LogP contribution in [0, 0.1) is 0 Å². The summed E-state index contributed by atoms with van der Waals surface area (Å²) in [4.78, 5) is 0. The third-order valence-electron chi connectivity index (χ3n) is 2.31. The van der Waals surface area contributed by atoms with Gasteiger partial charge in [0.15, 0.2) is 5.05 Å². The molecule has 5 heteroatoms. The molecule has 0 N–H and O–H groups in total. The third kappa shape index (κ3) is 5.83. The lowest BCUT2D eigenvalue weighted by Gasteiger charge is -2.46. The Hall–Kier alpha value is -0.136. The van der Waals surface area contributed by atoms with E-state index in [2.05, 4.69) is 50.4 Å². The summed E-state index contributed by atoms with van der Waals surface area (Å²) < 4.78 is 7.99. The predicted octanol–water partition coefficient (Wildman–Crippen LogP) is 4.23. The first kappa shape index (κ1) is 16.9. The van der Waals surface area contributed by atoms with Crippen LogP contribution >= 0.6 is 12.2 Å². The van der Waals surface area contributed by atoms with Gasteiger partial charge in [0, 0.05) is 6.08 Å². The van der Waals surface area contributed by atoms with Crippen LogP contribution in [0.2, 0.25) is 39.3 Å². The van der Waals surface area contributed by atoms with Gasteiger partial charge in [-0.1, -0.05) is 39.3 Å². The van der Waals surface area contributed by atoms with Crippen molar-refractivity contribution in [3.8, 4) is 0 Å². The van der Waals surface area contributed by atoms with Crippen LogP contribution in [0.1, 0.15) is 13.8 Å². The Morgan fingerprint density at radius 3 is 1.82 bits per heavy atom. The topological polar surface area (TPSA) is 12.5 Å². The SMILES string of the molecule is CCOC(=S)C=C(C)N([Si](C)(C)C)[Si](C)(C)C. The molecule has 0 heterocycles. The van der Waals surface area contributed by atoms with Crippen LogP contribution in [-0.2, 0) is 4.74 Å². The lowest BCUT2D eigenvalue weighted by atomic mass is 10.5. The van der Waals surface area contributed by atoms with Crippen molar-refractivity contribution < 1.29 is 4.74 Å². The van der Waals surface area contributed by atoms with E-state index in [1.165, 1.54) is 5.70 Å². The number of nitrogens with zero attached hydrogens (tertiary/aromatic N) is 1. The minimum absolute atomic E-state index is 0.603. The first-order valence-electron chi connectivity index (χ1n) is 6.15. The minimum Gasteiger partial charge on any atom is -0.484 e. The maximum absolute atomic E-state index is 5.35. The minimum atomic E-state index is -1.36. The molecule has 0 aromatic carbocycles. The van der Waals surface area contributed by atoms with Crippen molar-refractivity contribution in [3.63, 3.8) is 0 Å². The Morgan fingerprint density at radius 2 is 1.53 bits per heavy atom. The Bertz CT molecular complexity index is 289. The second kappa shape index (κ2) is 6.15. The van der Waals surface area contributed by atoms with Crippen LogP contribution in [-0.4, -0.2) is 32.4 Å². The third-order valence-corrected chi connectivity index (χ3v) is 9.96. The van der Waals surface area contributed by atoms with E-state index in [0.717, 1.165) is 0 Å². The van der Waals surface area contributed by atoms with Gasteiger partial charge in [-0.2, -0.15) is 0 Å². The average Bonchev–Trinajstić information content (AvgIpc) is 1.96. The van der Waals surface area contributed by atoms with E-state index in [9.17, 15) is 0 Å². The summed E-state index contributed by atoms with van der Waals surface area (Å²) in [7, 11) is -2.73. The molecule has 0 unspecified atom stereocenters. The van der Waals surface area contributed by atoms with E-state index in [0.29, 0.717) is 11.7 Å². The standard InChI is InChI=1S/C12H27NOSSi2/c1-9-14-12(15)10-11(2)13(16(3,4)5)17(6,7)8/h10H,9H2,1-8H3. The molecule has 0 saturated carbocycles. The smallest absolute Gasteiger partial charge is 0.185 e. The lowest BCUT2D eigenvalue weighted by Crippen LogP contribution is -2.57. The van der Waals surface area contributed by atoms with Crippen molar-refractivity contribution in [1.29, 1.82) is 0 Å². The van der Waals surface area contributed by atoms with E-state index in [1.807, 2.05) is 13.0 Å². The molecular weight excluding hydrogens is 262 g/mol. The zero-order valence-electron chi connectivity index (χ0n) is 12.5. The fraction of sp³-hybridized carbons (Fsp3) is 0.750. The van der Waals surface area contributed by atoms with Crippen molar-refractivity contribution in [2.24, 2.45) is 0 Å². The zero-order valence-corrected chi connectivity index (χ0v) is 15.4. The molecule has 0 aliphatic rings. The van der Waals surface area contributed by atoms with Gasteiger partial charge in [0.05, 0.1) is 6.61 Å². The number of thiocarbonyl (C=S) groups is 1. The molecule has 0 spiro atoms. The average molecular weight is 290 g/mol. The second-order valence-electron chi connectivity index (χ2n) is 6.21. The number of hydrogen-bond acceptors (Lipinski definition) is 3. The number of allylic oxidation sites excluding steroid dienone is 1.